The van der Waals surface area contributed by atoms with Crippen LogP contribution >= 0.6 is 0 Å². The van der Waals surface area contributed by atoms with E-state index in [1.54, 1.807) is 16.8 Å². The summed E-state index contributed by atoms with van der Waals surface area (Å²) in [6.07, 6.45) is 0. The van der Waals surface area contributed by atoms with Gasteiger partial charge < -0.3 is 10.6 Å². The van der Waals surface area contributed by atoms with Crippen molar-refractivity contribution >= 4 is 23.1 Å². The molecule has 4 rings (SSSR count). The van der Waals surface area contributed by atoms with Crippen LogP contribution in [0.2, 0.25) is 0 Å². The minimum absolute atomic E-state index is 0.00413. The molecular weight excluding hydrogens is 370 g/mol. The Morgan fingerprint density at radius 1 is 1.14 bits per heavy atom. The summed E-state index contributed by atoms with van der Waals surface area (Å²) in [5, 5.41) is 21.7. The average molecular weight is 389 g/mol. The van der Waals surface area contributed by atoms with Gasteiger partial charge in [0, 0.05) is 29.6 Å². The Labute approximate surface area is 167 Å². The van der Waals surface area contributed by atoms with Crippen LogP contribution in [-0.4, -0.2) is 20.6 Å². The van der Waals surface area contributed by atoms with Gasteiger partial charge in [0.15, 0.2) is 0 Å². The number of para-hydroxylation sites is 1. The van der Waals surface area contributed by atoms with Crippen molar-refractivity contribution in [3.63, 3.8) is 0 Å². The quantitative estimate of drug-likeness (QED) is 0.518. The van der Waals surface area contributed by atoms with Gasteiger partial charge in [-0.2, -0.15) is 5.10 Å². The van der Waals surface area contributed by atoms with E-state index in [0.717, 1.165) is 17.1 Å². The Morgan fingerprint density at radius 3 is 2.48 bits per heavy atom. The zero-order chi connectivity index (χ0) is 20.5. The molecule has 0 spiro atoms. The van der Waals surface area contributed by atoms with Crippen LogP contribution in [0.3, 0.4) is 0 Å². The highest BCUT2D eigenvalue weighted by Crippen LogP contribution is 2.37. The number of nitro benzene ring substituents is 1. The van der Waals surface area contributed by atoms with Crippen molar-refractivity contribution in [1.82, 2.24) is 9.78 Å². The number of nitrogens with one attached hydrogen (secondary N) is 2. The molecule has 1 aromatic heterocycles. The molecule has 2 aromatic carbocycles. The Kier molecular flexibility index (Phi) is 4.59. The first-order valence-electron chi connectivity index (χ1n) is 9.09. The van der Waals surface area contributed by atoms with E-state index in [0.29, 0.717) is 17.0 Å². The molecular formula is C21H19N5O3. The molecule has 0 saturated heterocycles. The van der Waals surface area contributed by atoms with Crippen molar-refractivity contribution in [3.8, 4) is 0 Å². The standard InChI is InChI=1S/C21H19N5O3/c1-13-12-18-22-14(2)19(21(27)23-16-6-4-3-5-7-16)20(25(18)24-13)15-8-10-17(11-9-15)26(28)29/h3-12,20,22H,1-2H3,(H,23,27). The maximum Gasteiger partial charge on any atom is 0.269 e. The van der Waals surface area contributed by atoms with Gasteiger partial charge in [0.25, 0.3) is 11.6 Å². The van der Waals surface area contributed by atoms with E-state index >= 15 is 0 Å². The Balaban J connectivity index is 1.78. The number of nitro groups is 1. The Morgan fingerprint density at radius 2 is 1.83 bits per heavy atom. The molecule has 1 aliphatic rings. The summed E-state index contributed by atoms with van der Waals surface area (Å²) in [7, 11) is 0. The lowest BCUT2D eigenvalue weighted by atomic mass is 9.94. The summed E-state index contributed by atoms with van der Waals surface area (Å²) in [4.78, 5) is 23.8. The number of carbonyl (C=O) groups excluding carboxylic acids is 1. The highest BCUT2D eigenvalue weighted by molar-refractivity contribution is 6.06. The number of carbonyl (C=O) groups is 1. The van der Waals surface area contributed by atoms with Crippen LogP contribution in [0, 0.1) is 17.0 Å². The SMILES string of the molecule is CC1=C(C(=O)Nc2ccccc2)C(c2ccc([N+](=O)[O-])cc2)n2nc(C)cc2N1. The summed E-state index contributed by atoms with van der Waals surface area (Å²) in [6, 6.07) is 16.8. The van der Waals surface area contributed by atoms with Gasteiger partial charge in [-0.25, -0.2) is 4.68 Å². The highest BCUT2D eigenvalue weighted by atomic mass is 16.6. The molecule has 8 nitrogen and oxygen atoms in total. The van der Waals surface area contributed by atoms with E-state index in [1.807, 2.05) is 50.2 Å². The summed E-state index contributed by atoms with van der Waals surface area (Å²) >= 11 is 0. The smallest absolute Gasteiger partial charge is 0.269 e. The van der Waals surface area contributed by atoms with Gasteiger partial charge in [0.1, 0.15) is 11.9 Å². The van der Waals surface area contributed by atoms with Crippen molar-refractivity contribution in [2.45, 2.75) is 19.9 Å². The van der Waals surface area contributed by atoms with Crippen LogP contribution in [0.15, 0.2) is 71.9 Å². The summed E-state index contributed by atoms with van der Waals surface area (Å²) in [5.41, 5.74) is 3.42. The van der Waals surface area contributed by atoms with Crippen LogP contribution in [0.25, 0.3) is 0 Å². The van der Waals surface area contributed by atoms with Gasteiger partial charge in [-0.15, -0.1) is 0 Å². The second-order valence-corrected chi connectivity index (χ2v) is 6.85. The van der Waals surface area contributed by atoms with Crippen molar-refractivity contribution in [2.75, 3.05) is 10.6 Å². The van der Waals surface area contributed by atoms with Crippen molar-refractivity contribution in [3.05, 3.63) is 93.3 Å². The van der Waals surface area contributed by atoms with Crippen LogP contribution < -0.4 is 10.6 Å². The fourth-order valence-corrected chi connectivity index (χ4v) is 3.49. The molecule has 0 saturated carbocycles. The first kappa shape index (κ1) is 18.4. The molecule has 2 N–H and O–H groups in total. The molecule has 29 heavy (non-hydrogen) atoms. The summed E-state index contributed by atoms with van der Waals surface area (Å²) < 4.78 is 1.74. The first-order valence-corrected chi connectivity index (χ1v) is 9.09. The van der Waals surface area contributed by atoms with E-state index in [4.69, 9.17) is 0 Å². The molecule has 3 aromatic rings. The second-order valence-electron chi connectivity index (χ2n) is 6.85. The third-order valence-corrected chi connectivity index (χ3v) is 4.79. The average Bonchev–Trinajstić information content (AvgIpc) is 3.07. The number of rotatable bonds is 4. The van der Waals surface area contributed by atoms with E-state index in [2.05, 4.69) is 15.7 Å². The van der Waals surface area contributed by atoms with Crippen molar-refractivity contribution in [1.29, 1.82) is 0 Å². The number of aryl methyl sites for hydroxylation is 1. The van der Waals surface area contributed by atoms with E-state index in [1.165, 1.54) is 12.1 Å². The topological polar surface area (TPSA) is 102 Å². The van der Waals surface area contributed by atoms with Gasteiger partial charge in [0.05, 0.1) is 16.2 Å². The minimum atomic E-state index is -0.510. The predicted molar refractivity (Wildman–Crippen MR) is 110 cm³/mol. The molecule has 0 aliphatic carbocycles. The molecule has 1 atom stereocenters. The lowest BCUT2D eigenvalue weighted by molar-refractivity contribution is -0.384. The van der Waals surface area contributed by atoms with Gasteiger partial charge in [-0.05, 0) is 43.7 Å². The summed E-state index contributed by atoms with van der Waals surface area (Å²) in [5.74, 6) is 0.503. The first-order chi connectivity index (χ1) is 13.9. The van der Waals surface area contributed by atoms with Gasteiger partial charge in [0.2, 0.25) is 0 Å². The Bertz CT molecular complexity index is 1120. The zero-order valence-electron chi connectivity index (χ0n) is 15.9. The molecule has 2 heterocycles. The lowest BCUT2D eigenvalue weighted by Gasteiger charge is -2.29. The number of non-ortho nitro benzene ring substituents is 1. The number of amides is 1. The number of hydrogen-bond donors (Lipinski definition) is 2. The minimum Gasteiger partial charge on any atom is -0.344 e. The third kappa shape index (κ3) is 3.47. The number of hydrogen-bond acceptors (Lipinski definition) is 5. The number of aromatic nitrogens is 2. The van der Waals surface area contributed by atoms with Crippen molar-refractivity contribution in [2.24, 2.45) is 0 Å². The van der Waals surface area contributed by atoms with Gasteiger partial charge in [-0.1, -0.05) is 18.2 Å². The van der Waals surface area contributed by atoms with Crippen LogP contribution in [0.1, 0.15) is 24.2 Å². The van der Waals surface area contributed by atoms with Crippen molar-refractivity contribution < 1.29 is 9.72 Å². The molecule has 0 fully saturated rings. The largest absolute Gasteiger partial charge is 0.344 e. The molecule has 1 unspecified atom stereocenters. The maximum atomic E-state index is 13.2. The molecule has 0 radical (unpaired) electrons. The van der Waals surface area contributed by atoms with Crippen LogP contribution in [0.4, 0.5) is 17.2 Å². The fraction of sp³-hybridized carbons (Fsp3) is 0.143. The normalized spacial score (nSPS) is 15.4. The number of benzene rings is 2. The second kappa shape index (κ2) is 7.23. The van der Waals surface area contributed by atoms with E-state index in [-0.39, 0.29) is 11.6 Å². The fourth-order valence-electron chi connectivity index (χ4n) is 3.49. The van der Waals surface area contributed by atoms with Crippen LogP contribution in [0.5, 0.6) is 0 Å². The molecule has 0 bridgehead atoms. The van der Waals surface area contributed by atoms with E-state index in [9.17, 15) is 14.9 Å². The number of fused-ring (bicyclic) bond motifs is 1. The third-order valence-electron chi connectivity index (χ3n) is 4.79. The number of allylic oxidation sites excluding steroid dienone is 1. The molecule has 1 aliphatic heterocycles. The highest BCUT2D eigenvalue weighted by Gasteiger charge is 2.33. The lowest BCUT2D eigenvalue weighted by Crippen LogP contribution is -2.31. The van der Waals surface area contributed by atoms with E-state index < -0.39 is 11.0 Å². The molecule has 1 amide bonds. The molecule has 8 heteroatoms. The Hall–Kier alpha value is -3.94. The van der Waals surface area contributed by atoms with Crippen LogP contribution in [-0.2, 0) is 4.79 Å². The predicted octanol–water partition coefficient (Wildman–Crippen LogP) is 4.03. The molecule has 146 valence electrons. The number of nitrogens with zero attached hydrogens (tertiary/aromatic N) is 3. The number of anilines is 2. The van der Waals surface area contributed by atoms with Gasteiger partial charge in [-0.3, -0.25) is 14.9 Å². The summed E-state index contributed by atoms with van der Waals surface area (Å²) in [6.45, 7) is 3.71. The monoisotopic (exact) mass is 389 g/mol. The zero-order valence-corrected chi connectivity index (χ0v) is 15.9. The van der Waals surface area contributed by atoms with Gasteiger partial charge >= 0.3 is 0 Å². The maximum absolute atomic E-state index is 13.2.